The molecule has 0 saturated carbocycles. The Balaban J connectivity index is 1.96. The summed E-state index contributed by atoms with van der Waals surface area (Å²) in [7, 11) is 2.51. The molecule has 0 atom stereocenters. The molecule has 0 spiro atoms. The van der Waals surface area contributed by atoms with E-state index in [0.29, 0.717) is 4.68 Å². The van der Waals surface area contributed by atoms with Gasteiger partial charge in [-0.15, -0.1) is 0 Å². The molecule has 0 fully saturated rings. The Morgan fingerprint density at radius 2 is 1.84 bits per heavy atom. The van der Waals surface area contributed by atoms with E-state index in [1.807, 2.05) is 0 Å². The van der Waals surface area contributed by atoms with Crippen LogP contribution in [0, 0.1) is 11.6 Å². The lowest BCUT2D eigenvalue weighted by atomic mass is 10.0. The Hall–Kier alpha value is -4.34. The van der Waals surface area contributed by atoms with Crippen molar-refractivity contribution in [2.24, 2.45) is 0 Å². The van der Waals surface area contributed by atoms with Crippen LogP contribution in [0.3, 0.4) is 0 Å². The summed E-state index contributed by atoms with van der Waals surface area (Å²) >= 11 is 0. The van der Waals surface area contributed by atoms with Crippen LogP contribution in [0.15, 0.2) is 48.7 Å². The second-order valence-corrected chi connectivity index (χ2v) is 6.63. The van der Waals surface area contributed by atoms with Crippen molar-refractivity contribution in [1.82, 2.24) is 14.8 Å². The fourth-order valence-electron chi connectivity index (χ4n) is 3.37. The summed E-state index contributed by atoms with van der Waals surface area (Å²) in [6.07, 6.45) is -0.147. The molecule has 0 unspecified atom stereocenters. The number of aromatic nitrogens is 3. The maximum Gasteiger partial charge on any atom is 0.432 e. The number of halogens is 2. The zero-order valence-electron chi connectivity index (χ0n) is 16.8. The first-order valence-electron chi connectivity index (χ1n) is 9.19. The normalized spacial score (nSPS) is 10.9. The minimum atomic E-state index is -1.38. The lowest BCUT2D eigenvalue weighted by Gasteiger charge is -2.09. The highest BCUT2D eigenvalue weighted by molar-refractivity contribution is 5.99. The lowest BCUT2D eigenvalue weighted by Crippen LogP contribution is -2.09. The fraction of sp³-hybridized carbons (Fsp3) is 0.0909. The van der Waals surface area contributed by atoms with Crippen LogP contribution < -0.4 is 4.74 Å². The van der Waals surface area contributed by atoms with Gasteiger partial charge in [-0.05, 0) is 30.3 Å². The van der Waals surface area contributed by atoms with Gasteiger partial charge in [0, 0.05) is 10.9 Å². The molecule has 162 valence electrons. The van der Waals surface area contributed by atoms with Crippen molar-refractivity contribution < 1.29 is 33.0 Å². The molecule has 1 N–H and O–H groups in total. The molecule has 0 saturated heterocycles. The molecule has 0 radical (unpaired) electrons. The molecule has 2 heterocycles. The van der Waals surface area contributed by atoms with Crippen LogP contribution in [0.2, 0.25) is 0 Å². The first kappa shape index (κ1) is 20.9. The molecule has 10 heteroatoms. The summed E-state index contributed by atoms with van der Waals surface area (Å²) < 4.78 is 39.5. The van der Waals surface area contributed by atoms with Crippen LogP contribution in [-0.4, -0.2) is 46.2 Å². The van der Waals surface area contributed by atoms with Gasteiger partial charge in [0.25, 0.3) is 0 Å². The standard InChI is InChI=1S/C22H15F2N3O5/c1-31-18-5-3-4-14(23)19(18)16-9-13-17(10-25-16)27(22(29)30)26-20(13)11-6-7-12(15(24)8-11)21(28)32-2/h3-10H,1-2H3,(H,29,30). The van der Waals surface area contributed by atoms with Gasteiger partial charge in [0.15, 0.2) is 0 Å². The van der Waals surface area contributed by atoms with Crippen LogP contribution in [0.4, 0.5) is 13.6 Å². The number of hydrogen-bond donors (Lipinski definition) is 1. The molecule has 4 rings (SSSR count). The van der Waals surface area contributed by atoms with E-state index in [1.165, 1.54) is 43.6 Å². The third-order valence-corrected chi connectivity index (χ3v) is 4.85. The van der Waals surface area contributed by atoms with Crippen molar-refractivity contribution in [1.29, 1.82) is 0 Å². The highest BCUT2D eigenvalue weighted by Gasteiger charge is 2.21. The molecule has 0 bridgehead atoms. The molecular weight excluding hydrogens is 424 g/mol. The minimum Gasteiger partial charge on any atom is -0.496 e. The Morgan fingerprint density at radius 3 is 2.50 bits per heavy atom. The average molecular weight is 439 g/mol. The number of ether oxygens (including phenoxy) is 2. The van der Waals surface area contributed by atoms with E-state index in [1.54, 1.807) is 6.07 Å². The van der Waals surface area contributed by atoms with E-state index in [0.717, 1.165) is 13.2 Å². The summed E-state index contributed by atoms with van der Waals surface area (Å²) in [6.45, 7) is 0. The molecule has 0 aliphatic carbocycles. The topological polar surface area (TPSA) is 104 Å². The van der Waals surface area contributed by atoms with Crippen molar-refractivity contribution >= 4 is 23.0 Å². The molecule has 2 aromatic heterocycles. The summed E-state index contributed by atoms with van der Waals surface area (Å²) in [5.41, 5.74) is 0.401. The minimum absolute atomic E-state index is 0.0816. The van der Waals surface area contributed by atoms with Crippen molar-refractivity contribution in [3.63, 3.8) is 0 Å². The summed E-state index contributed by atoms with van der Waals surface area (Å²) in [6, 6.07) is 9.40. The smallest absolute Gasteiger partial charge is 0.432 e. The summed E-state index contributed by atoms with van der Waals surface area (Å²) in [5.74, 6) is -2.07. The van der Waals surface area contributed by atoms with Gasteiger partial charge < -0.3 is 14.6 Å². The van der Waals surface area contributed by atoms with Gasteiger partial charge in [-0.1, -0.05) is 12.1 Å². The number of pyridine rings is 1. The SMILES string of the molecule is COC(=O)c1ccc(-c2nn(C(=O)O)c3cnc(-c4c(F)cccc4OC)cc23)cc1F. The van der Waals surface area contributed by atoms with Gasteiger partial charge in [0.05, 0.1) is 42.8 Å². The van der Waals surface area contributed by atoms with Gasteiger partial charge in [0.1, 0.15) is 23.1 Å². The number of methoxy groups -OCH3 is 2. The maximum absolute atomic E-state index is 14.6. The third kappa shape index (κ3) is 3.41. The first-order chi connectivity index (χ1) is 15.3. The number of fused-ring (bicyclic) bond motifs is 1. The number of hydrogen-bond acceptors (Lipinski definition) is 6. The zero-order valence-corrected chi connectivity index (χ0v) is 16.8. The number of carboxylic acid groups (broad SMARTS) is 1. The van der Waals surface area contributed by atoms with Crippen LogP contribution in [0.25, 0.3) is 33.4 Å². The van der Waals surface area contributed by atoms with E-state index in [4.69, 9.17) is 4.74 Å². The van der Waals surface area contributed by atoms with Gasteiger partial charge in [-0.3, -0.25) is 4.98 Å². The van der Waals surface area contributed by atoms with E-state index in [-0.39, 0.29) is 44.7 Å². The largest absolute Gasteiger partial charge is 0.496 e. The van der Waals surface area contributed by atoms with E-state index in [2.05, 4.69) is 14.8 Å². The van der Waals surface area contributed by atoms with Gasteiger partial charge in [0.2, 0.25) is 0 Å². The number of carbonyl (C=O) groups is 2. The van der Waals surface area contributed by atoms with Crippen LogP contribution in [0.5, 0.6) is 5.75 Å². The lowest BCUT2D eigenvalue weighted by molar-refractivity contribution is 0.0595. The van der Waals surface area contributed by atoms with Crippen LogP contribution in [-0.2, 0) is 4.74 Å². The highest BCUT2D eigenvalue weighted by Crippen LogP contribution is 2.35. The number of esters is 1. The molecule has 0 aliphatic heterocycles. The highest BCUT2D eigenvalue weighted by atomic mass is 19.1. The molecular formula is C22H15F2N3O5. The Labute approximate surface area is 179 Å². The molecule has 32 heavy (non-hydrogen) atoms. The number of carbonyl (C=O) groups excluding carboxylic acids is 1. The Bertz CT molecular complexity index is 1380. The van der Waals surface area contributed by atoms with Gasteiger partial charge >= 0.3 is 12.1 Å². The fourth-order valence-corrected chi connectivity index (χ4v) is 3.37. The van der Waals surface area contributed by atoms with Gasteiger partial charge in [-0.25, -0.2) is 18.4 Å². The molecule has 0 amide bonds. The van der Waals surface area contributed by atoms with Crippen molar-refractivity contribution in [2.45, 2.75) is 0 Å². The average Bonchev–Trinajstić information content (AvgIpc) is 3.17. The van der Waals surface area contributed by atoms with Crippen molar-refractivity contribution in [3.8, 4) is 28.3 Å². The van der Waals surface area contributed by atoms with E-state index < -0.39 is 23.7 Å². The number of rotatable bonds is 4. The van der Waals surface area contributed by atoms with Gasteiger partial charge in [-0.2, -0.15) is 9.78 Å². The van der Waals surface area contributed by atoms with E-state index in [9.17, 15) is 23.5 Å². The molecule has 4 aromatic rings. The summed E-state index contributed by atoms with van der Waals surface area (Å²) in [5, 5.41) is 13.9. The quantitative estimate of drug-likeness (QED) is 0.471. The predicted molar refractivity (Wildman–Crippen MR) is 110 cm³/mol. The van der Waals surface area contributed by atoms with E-state index >= 15 is 0 Å². The van der Waals surface area contributed by atoms with Crippen molar-refractivity contribution in [2.75, 3.05) is 14.2 Å². The van der Waals surface area contributed by atoms with Crippen molar-refractivity contribution in [3.05, 3.63) is 65.9 Å². The summed E-state index contributed by atoms with van der Waals surface area (Å²) in [4.78, 5) is 27.5. The van der Waals surface area contributed by atoms with Crippen LogP contribution in [0.1, 0.15) is 10.4 Å². The first-order valence-corrected chi connectivity index (χ1v) is 9.19. The maximum atomic E-state index is 14.6. The molecule has 8 nitrogen and oxygen atoms in total. The Morgan fingerprint density at radius 1 is 1.06 bits per heavy atom. The second-order valence-electron chi connectivity index (χ2n) is 6.63. The Kier molecular flexibility index (Phi) is 5.27. The molecule has 0 aliphatic rings. The van der Waals surface area contributed by atoms with Crippen LogP contribution >= 0.6 is 0 Å². The second kappa shape index (κ2) is 8.06. The molecule has 2 aromatic carbocycles. The monoisotopic (exact) mass is 439 g/mol. The number of benzene rings is 2. The number of nitrogens with zero attached hydrogens (tertiary/aromatic N) is 3. The predicted octanol–water partition coefficient (Wildman–Crippen LogP) is 4.36. The third-order valence-electron chi connectivity index (χ3n) is 4.85. The zero-order chi connectivity index (χ0) is 23.0.